The molecular weight excluding hydrogens is 296 g/mol. The van der Waals surface area contributed by atoms with Crippen molar-refractivity contribution in [1.29, 1.82) is 0 Å². The summed E-state index contributed by atoms with van der Waals surface area (Å²) in [5.41, 5.74) is 3.10. The fraction of sp³-hybridized carbons (Fsp3) is 0.278. The Kier molecular flexibility index (Phi) is 4.08. The molecule has 0 aliphatic rings. The van der Waals surface area contributed by atoms with Crippen LogP contribution in [0.25, 0.3) is 21.8 Å². The van der Waals surface area contributed by atoms with E-state index >= 15 is 0 Å². The number of amides is 1. The third-order valence-corrected chi connectivity index (χ3v) is 4.26. The molecule has 1 heterocycles. The molecule has 2 N–H and O–H groups in total. The summed E-state index contributed by atoms with van der Waals surface area (Å²) >= 11 is 6.08. The van der Waals surface area contributed by atoms with Gasteiger partial charge in [-0.15, -0.1) is 0 Å². The first-order chi connectivity index (χ1) is 10.6. The number of H-pyrrole nitrogens is 1. The molecule has 0 bridgehead atoms. The Hall–Kier alpha value is -2.00. The van der Waals surface area contributed by atoms with Crippen molar-refractivity contribution in [1.82, 2.24) is 10.3 Å². The average Bonchev–Trinajstić information content (AvgIpc) is 2.88. The number of aromatic amines is 1. The molecule has 3 rings (SSSR count). The smallest absolute Gasteiger partial charge is 0.227 e. The molecule has 2 aromatic carbocycles. The van der Waals surface area contributed by atoms with Crippen LogP contribution in [0.5, 0.6) is 0 Å². The quantitative estimate of drug-likeness (QED) is 0.726. The predicted molar refractivity (Wildman–Crippen MR) is 92.5 cm³/mol. The zero-order valence-corrected chi connectivity index (χ0v) is 13.5. The molecule has 0 saturated carbocycles. The maximum absolute atomic E-state index is 12.1. The monoisotopic (exact) mass is 314 g/mol. The molecule has 1 amide bonds. The van der Waals surface area contributed by atoms with Crippen LogP contribution in [0.3, 0.4) is 0 Å². The van der Waals surface area contributed by atoms with Crippen molar-refractivity contribution in [3.05, 3.63) is 47.0 Å². The third kappa shape index (κ3) is 2.69. The Morgan fingerprint density at radius 1 is 1.18 bits per heavy atom. The number of fused-ring (bicyclic) bond motifs is 3. The predicted octanol–water partition coefficient (Wildman–Crippen LogP) is 4.60. The summed E-state index contributed by atoms with van der Waals surface area (Å²) in [6.07, 6.45) is 0.945. The lowest BCUT2D eigenvalue weighted by Crippen LogP contribution is -2.28. The van der Waals surface area contributed by atoms with Crippen LogP contribution < -0.4 is 5.32 Å². The van der Waals surface area contributed by atoms with E-state index in [1.807, 2.05) is 38.1 Å². The fourth-order valence-corrected chi connectivity index (χ4v) is 2.89. The van der Waals surface area contributed by atoms with Crippen molar-refractivity contribution < 1.29 is 4.79 Å². The number of nitrogens with one attached hydrogen (secondary N) is 2. The minimum absolute atomic E-state index is 0.0698. The number of hydrogen-bond acceptors (Lipinski definition) is 1. The molecule has 4 heteroatoms. The molecule has 3 nitrogen and oxygen atoms in total. The highest BCUT2D eigenvalue weighted by Gasteiger charge is 2.15. The Morgan fingerprint density at radius 3 is 2.77 bits per heavy atom. The number of hydrogen-bond donors (Lipinski definition) is 2. The van der Waals surface area contributed by atoms with Crippen LogP contribution in [-0.2, 0) is 4.79 Å². The summed E-state index contributed by atoms with van der Waals surface area (Å²) in [6, 6.07) is 12.0. The van der Waals surface area contributed by atoms with Crippen molar-refractivity contribution in [2.75, 3.05) is 6.54 Å². The van der Waals surface area contributed by atoms with Crippen molar-refractivity contribution in [2.24, 2.45) is 0 Å². The van der Waals surface area contributed by atoms with E-state index in [2.05, 4.69) is 22.4 Å². The first-order valence-corrected chi connectivity index (χ1v) is 7.96. The lowest BCUT2D eigenvalue weighted by Gasteiger charge is -2.12. The van der Waals surface area contributed by atoms with Gasteiger partial charge in [0, 0.05) is 33.4 Å². The van der Waals surface area contributed by atoms with Crippen LogP contribution in [0, 0.1) is 0 Å². The lowest BCUT2D eigenvalue weighted by atomic mass is 9.98. The zero-order valence-electron chi connectivity index (χ0n) is 12.7. The molecule has 0 aliphatic heterocycles. The maximum atomic E-state index is 12.1. The Labute approximate surface area is 134 Å². The number of benzene rings is 2. The summed E-state index contributed by atoms with van der Waals surface area (Å²) in [4.78, 5) is 15.5. The van der Waals surface area contributed by atoms with Crippen molar-refractivity contribution in [2.45, 2.75) is 26.2 Å². The Balaban J connectivity index is 1.99. The van der Waals surface area contributed by atoms with E-state index in [0.29, 0.717) is 0 Å². The van der Waals surface area contributed by atoms with Gasteiger partial charge in [-0.05, 0) is 43.2 Å². The van der Waals surface area contributed by atoms with Gasteiger partial charge in [0.15, 0.2) is 0 Å². The van der Waals surface area contributed by atoms with Gasteiger partial charge >= 0.3 is 0 Å². The van der Waals surface area contributed by atoms with E-state index in [1.54, 1.807) is 0 Å². The van der Waals surface area contributed by atoms with Crippen LogP contribution in [0.4, 0.5) is 0 Å². The largest absolute Gasteiger partial charge is 0.356 e. The van der Waals surface area contributed by atoms with Crippen molar-refractivity contribution in [3.8, 4) is 0 Å². The highest BCUT2D eigenvalue weighted by molar-refractivity contribution is 6.31. The first kappa shape index (κ1) is 14.9. The molecule has 1 atom stereocenters. The van der Waals surface area contributed by atoms with Crippen LogP contribution >= 0.6 is 11.6 Å². The highest BCUT2D eigenvalue weighted by Crippen LogP contribution is 2.30. The maximum Gasteiger partial charge on any atom is 0.227 e. The van der Waals surface area contributed by atoms with E-state index in [-0.39, 0.29) is 11.8 Å². The first-order valence-electron chi connectivity index (χ1n) is 7.58. The molecule has 3 aromatic rings. The van der Waals surface area contributed by atoms with Crippen LogP contribution in [0.15, 0.2) is 36.4 Å². The van der Waals surface area contributed by atoms with Gasteiger partial charge in [-0.25, -0.2) is 0 Å². The molecular formula is C18H19ClN2O. The summed E-state index contributed by atoms with van der Waals surface area (Å²) in [6.45, 7) is 4.70. The van der Waals surface area contributed by atoms with E-state index in [1.165, 1.54) is 0 Å². The number of carbonyl (C=O) groups excluding carboxylic acids is 1. The number of aromatic nitrogens is 1. The second-order valence-electron chi connectivity index (χ2n) is 5.63. The number of carbonyl (C=O) groups is 1. The summed E-state index contributed by atoms with van der Waals surface area (Å²) in [5.74, 6) is -0.0914. The lowest BCUT2D eigenvalue weighted by molar-refractivity contribution is -0.122. The van der Waals surface area contributed by atoms with Crippen molar-refractivity contribution in [3.63, 3.8) is 0 Å². The van der Waals surface area contributed by atoms with Crippen LogP contribution in [0.1, 0.15) is 31.7 Å². The molecule has 0 aliphatic carbocycles. The van der Waals surface area contributed by atoms with E-state index < -0.39 is 0 Å². The molecule has 0 saturated heterocycles. The zero-order chi connectivity index (χ0) is 15.7. The number of halogens is 1. The Morgan fingerprint density at radius 2 is 2.00 bits per heavy atom. The molecule has 1 aromatic heterocycles. The molecule has 0 fully saturated rings. The molecule has 0 radical (unpaired) electrons. The summed E-state index contributed by atoms with van der Waals surface area (Å²) < 4.78 is 0. The van der Waals surface area contributed by atoms with Gasteiger partial charge in [-0.1, -0.05) is 30.7 Å². The van der Waals surface area contributed by atoms with E-state index in [9.17, 15) is 4.79 Å². The highest BCUT2D eigenvalue weighted by atomic mass is 35.5. The van der Waals surface area contributed by atoms with Gasteiger partial charge in [0.05, 0.1) is 5.92 Å². The SMILES string of the molecule is CCCNC(=O)[C@H](C)c1ccc2c(c1)[nH]c1ccc(Cl)cc12. The Bertz CT molecular complexity index is 838. The van der Waals surface area contributed by atoms with Gasteiger partial charge in [-0.3, -0.25) is 4.79 Å². The third-order valence-electron chi connectivity index (χ3n) is 4.03. The molecule has 22 heavy (non-hydrogen) atoms. The van der Waals surface area contributed by atoms with Gasteiger partial charge in [0.25, 0.3) is 0 Å². The minimum atomic E-state index is -0.161. The van der Waals surface area contributed by atoms with Gasteiger partial charge < -0.3 is 10.3 Å². The second kappa shape index (κ2) is 6.01. The average molecular weight is 315 g/mol. The van der Waals surface area contributed by atoms with Crippen molar-refractivity contribution >= 4 is 39.3 Å². The van der Waals surface area contributed by atoms with Crippen LogP contribution in [0.2, 0.25) is 5.02 Å². The topological polar surface area (TPSA) is 44.9 Å². The molecule has 0 spiro atoms. The van der Waals surface area contributed by atoms with Gasteiger partial charge in [-0.2, -0.15) is 0 Å². The van der Waals surface area contributed by atoms with Gasteiger partial charge in [0.1, 0.15) is 0 Å². The molecule has 0 unspecified atom stereocenters. The number of rotatable bonds is 4. The van der Waals surface area contributed by atoms with E-state index in [4.69, 9.17) is 11.6 Å². The minimum Gasteiger partial charge on any atom is -0.356 e. The normalized spacial score (nSPS) is 12.7. The molecule has 114 valence electrons. The second-order valence-corrected chi connectivity index (χ2v) is 6.07. The summed E-state index contributed by atoms with van der Waals surface area (Å²) in [7, 11) is 0. The fourth-order valence-electron chi connectivity index (χ4n) is 2.72. The summed E-state index contributed by atoms with van der Waals surface area (Å²) in [5, 5.41) is 5.91. The van der Waals surface area contributed by atoms with Crippen LogP contribution in [-0.4, -0.2) is 17.4 Å². The van der Waals surface area contributed by atoms with Gasteiger partial charge in [0.2, 0.25) is 5.91 Å². The van der Waals surface area contributed by atoms with E-state index in [0.717, 1.165) is 45.4 Å². The standard InChI is InChI=1S/C18H19ClN2O/c1-3-8-20-18(22)11(2)12-4-6-14-15-10-13(19)5-7-16(15)21-17(14)9-12/h4-7,9-11,21H,3,8H2,1-2H3,(H,20,22)/t11-/m1/s1.